The Morgan fingerprint density at radius 3 is 1.12 bits per heavy atom. The van der Waals surface area contributed by atoms with Crippen molar-refractivity contribution in [3.05, 3.63) is 0 Å². The maximum absolute atomic E-state index is 11.1. The van der Waals surface area contributed by atoms with E-state index in [0.29, 0.717) is 0 Å². The van der Waals surface area contributed by atoms with Gasteiger partial charge in [-0.3, -0.25) is 3.97 Å². The molecule has 1 unspecified atom stereocenters. The lowest BCUT2D eigenvalue weighted by Gasteiger charge is -2.04. The molecule has 0 aromatic carbocycles. The minimum atomic E-state index is -3.28. The lowest BCUT2D eigenvalue weighted by molar-refractivity contribution is 0.509. The van der Waals surface area contributed by atoms with Crippen molar-refractivity contribution in [2.45, 2.75) is 122 Å². The Kier molecular flexibility index (Phi) is 19.4. The maximum Gasteiger partial charge on any atom is 0.269 e. The van der Waals surface area contributed by atoms with Crippen LogP contribution in [0, 0.1) is 0 Å². The minimum Gasteiger partial charge on any atom is -0.254 e. The maximum atomic E-state index is 11.1. The summed E-state index contributed by atoms with van der Waals surface area (Å²) in [5.41, 5.74) is 0. The highest BCUT2D eigenvalue weighted by Crippen LogP contribution is 2.14. The molecule has 0 fully saturated rings. The molecule has 0 bridgehead atoms. The summed E-state index contributed by atoms with van der Waals surface area (Å²) in [6, 6.07) is 0. The molecule has 0 amide bonds. The van der Waals surface area contributed by atoms with Crippen molar-refractivity contribution in [2.24, 2.45) is 0 Å². The Labute approximate surface area is 160 Å². The molecule has 1 atom stereocenters. The van der Waals surface area contributed by atoms with Crippen LogP contribution in [-0.2, 0) is 14.1 Å². The van der Waals surface area contributed by atoms with Crippen molar-refractivity contribution >= 4 is 19.6 Å². The first-order chi connectivity index (χ1) is 12.1. The number of hydrogen-bond acceptors (Lipinski definition) is 3. The molecule has 0 rings (SSSR count). The van der Waals surface area contributed by atoms with Gasteiger partial charge in [0.05, 0.1) is 5.75 Å². The predicted octanol–water partition coefficient (Wildman–Crippen LogP) is 7.16. The Hall–Kier alpha value is 0.340. The van der Waals surface area contributed by atoms with Gasteiger partial charge in [0, 0.05) is 9.47 Å². The van der Waals surface area contributed by atoms with Crippen LogP contribution in [0.3, 0.4) is 0 Å². The normalized spacial score (nSPS) is 11.9. The molecule has 5 heteroatoms. The molecule has 0 aliphatic carbocycles. The third-order valence-corrected chi connectivity index (χ3v) is 6.86. The first-order valence-electron chi connectivity index (χ1n) is 10.7. The van der Waals surface area contributed by atoms with E-state index in [-0.39, 0.29) is 5.75 Å². The van der Waals surface area contributed by atoms with E-state index in [1.165, 1.54) is 96.3 Å². The third-order valence-electron chi connectivity index (χ3n) is 4.89. The standard InChI is InChI=1S/C20H43O3PS/c1-2-3-4-5-6-7-8-9-10-11-12-13-14-15-16-17-18-19-20-25(21,22)23-24/h2-20,24H2,1H3. The Morgan fingerprint density at radius 1 is 0.560 bits per heavy atom. The molecular weight excluding hydrogens is 351 g/mol. The molecule has 0 N–H and O–H groups in total. The van der Waals surface area contributed by atoms with Crippen molar-refractivity contribution in [3.63, 3.8) is 0 Å². The van der Waals surface area contributed by atoms with E-state index in [0.717, 1.165) is 19.3 Å². The summed E-state index contributed by atoms with van der Waals surface area (Å²) in [5.74, 6) is 0.148. The lowest BCUT2D eigenvalue weighted by Crippen LogP contribution is -2.04. The molecule has 25 heavy (non-hydrogen) atoms. The summed E-state index contributed by atoms with van der Waals surface area (Å²) >= 11 is 0. The zero-order valence-corrected chi connectivity index (χ0v) is 18.6. The fourth-order valence-corrected chi connectivity index (χ4v) is 4.17. The third kappa shape index (κ3) is 20.5. The summed E-state index contributed by atoms with van der Waals surface area (Å²) in [4.78, 5) is 0. The topological polar surface area (TPSA) is 43.4 Å². The molecule has 0 aromatic heterocycles. The van der Waals surface area contributed by atoms with Crippen molar-refractivity contribution < 1.29 is 12.4 Å². The highest BCUT2D eigenvalue weighted by Gasteiger charge is 2.07. The summed E-state index contributed by atoms with van der Waals surface area (Å²) < 4.78 is 26.6. The second kappa shape index (κ2) is 19.1. The van der Waals surface area contributed by atoms with Gasteiger partial charge in [-0.2, -0.15) is 8.42 Å². The van der Waals surface area contributed by atoms with Gasteiger partial charge in [-0.25, -0.2) is 0 Å². The minimum absolute atomic E-state index is 0.148. The van der Waals surface area contributed by atoms with Crippen molar-refractivity contribution in [1.82, 2.24) is 0 Å². The van der Waals surface area contributed by atoms with Gasteiger partial charge in [-0.1, -0.05) is 116 Å². The van der Waals surface area contributed by atoms with E-state index in [1.54, 1.807) is 0 Å². The molecule has 0 aliphatic rings. The SMILES string of the molecule is CCCCCCCCCCCCCCCCCCCCS(=O)(=O)OP. The van der Waals surface area contributed by atoms with Gasteiger partial charge < -0.3 is 0 Å². The molecule has 3 nitrogen and oxygen atoms in total. The van der Waals surface area contributed by atoms with Crippen molar-refractivity contribution in [3.8, 4) is 0 Å². The largest absolute Gasteiger partial charge is 0.269 e. The predicted molar refractivity (Wildman–Crippen MR) is 113 cm³/mol. The average Bonchev–Trinajstić information content (AvgIpc) is 2.60. The highest BCUT2D eigenvalue weighted by atomic mass is 32.2. The molecule has 0 radical (unpaired) electrons. The zero-order valence-electron chi connectivity index (χ0n) is 16.6. The highest BCUT2D eigenvalue weighted by molar-refractivity contribution is 7.88. The average molecular weight is 395 g/mol. The number of rotatable bonds is 20. The fraction of sp³-hybridized carbons (Fsp3) is 1.00. The van der Waals surface area contributed by atoms with Crippen LogP contribution in [0.25, 0.3) is 0 Å². The van der Waals surface area contributed by atoms with Crippen LogP contribution in [0.4, 0.5) is 0 Å². The summed E-state index contributed by atoms with van der Waals surface area (Å²) in [7, 11) is -1.46. The van der Waals surface area contributed by atoms with Gasteiger partial charge in [-0.15, -0.1) is 0 Å². The second-order valence-corrected chi connectivity index (χ2v) is 9.66. The van der Waals surface area contributed by atoms with Gasteiger partial charge in [-0.05, 0) is 6.42 Å². The van der Waals surface area contributed by atoms with Crippen LogP contribution in [-0.4, -0.2) is 14.2 Å². The second-order valence-electron chi connectivity index (χ2n) is 7.37. The zero-order chi connectivity index (χ0) is 18.6. The Balaban J connectivity index is 3.07. The quantitative estimate of drug-likeness (QED) is 0.162. The first kappa shape index (κ1) is 25.3. The smallest absolute Gasteiger partial charge is 0.254 e. The van der Waals surface area contributed by atoms with Crippen LogP contribution in [0.2, 0.25) is 0 Å². The van der Waals surface area contributed by atoms with E-state index in [4.69, 9.17) is 0 Å². The lowest BCUT2D eigenvalue weighted by atomic mass is 10.0. The van der Waals surface area contributed by atoms with Crippen molar-refractivity contribution in [2.75, 3.05) is 5.75 Å². The summed E-state index contributed by atoms with van der Waals surface area (Å²) in [6.07, 6.45) is 23.7. The van der Waals surface area contributed by atoms with Crippen LogP contribution >= 0.6 is 9.47 Å². The van der Waals surface area contributed by atoms with Gasteiger partial charge in [0.15, 0.2) is 0 Å². The van der Waals surface area contributed by atoms with Crippen molar-refractivity contribution in [1.29, 1.82) is 0 Å². The molecule has 0 saturated carbocycles. The van der Waals surface area contributed by atoms with Gasteiger partial charge in [0.2, 0.25) is 0 Å². The summed E-state index contributed by atoms with van der Waals surface area (Å²) in [6.45, 7) is 2.28. The Morgan fingerprint density at radius 2 is 0.840 bits per heavy atom. The number of hydrogen-bond donors (Lipinski definition) is 0. The number of unbranched alkanes of at least 4 members (excludes halogenated alkanes) is 17. The van der Waals surface area contributed by atoms with Crippen LogP contribution in [0.1, 0.15) is 122 Å². The van der Waals surface area contributed by atoms with Crippen LogP contribution in [0.5, 0.6) is 0 Å². The van der Waals surface area contributed by atoms with E-state index < -0.39 is 10.1 Å². The molecule has 152 valence electrons. The molecule has 0 spiro atoms. The van der Waals surface area contributed by atoms with Crippen LogP contribution < -0.4 is 0 Å². The van der Waals surface area contributed by atoms with Gasteiger partial charge in [0.1, 0.15) is 0 Å². The van der Waals surface area contributed by atoms with E-state index in [9.17, 15) is 8.42 Å². The van der Waals surface area contributed by atoms with E-state index >= 15 is 0 Å². The Bertz CT molecular complexity index is 358. The monoisotopic (exact) mass is 394 g/mol. The van der Waals surface area contributed by atoms with Gasteiger partial charge in [0.25, 0.3) is 10.1 Å². The fourth-order valence-electron chi connectivity index (χ4n) is 3.23. The molecule has 0 heterocycles. The molecular formula is C20H43O3PS. The van der Waals surface area contributed by atoms with Gasteiger partial charge >= 0.3 is 0 Å². The summed E-state index contributed by atoms with van der Waals surface area (Å²) in [5, 5.41) is 0. The van der Waals surface area contributed by atoms with E-state index in [1.807, 2.05) is 9.47 Å². The molecule has 0 aromatic rings. The molecule has 0 saturated heterocycles. The first-order valence-corrected chi connectivity index (χ1v) is 12.8. The van der Waals surface area contributed by atoms with Crippen LogP contribution in [0.15, 0.2) is 0 Å². The van der Waals surface area contributed by atoms with E-state index in [2.05, 4.69) is 10.9 Å². The molecule has 0 aliphatic heterocycles.